The Morgan fingerprint density at radius 1 is 0.471 bits per heavy atom. The summed E-state index contributed by atoms with van der Waals surface area (Å²) in [6, 6.07) is 0. The Balaban J connectivity index is 0. The Kier molecular flexibility index (Phi) is 21.4. The molecule has 17 heavy (non-hydrogen) atoms. The highest BCUT2D eigenvalue weighted by molar-refractivity contribution is 8.93. The van der Waals surface area contributed by atoms with Crippen LogP contribution in [-0.2, 0) is 18.9 Å². The van der Waals surface area contributed by atoms with Crippen molar-refractivity contribution >= 4 is 17.0 Å². The highest BCUT2D eigenvalue weighted by Crippen LogP contribution is 1.82. The maximum atomic E-state index is 8.41. The van der Waals surface area contributed by atoms with Gasteiger partial charge in [0.1, 0.15) is 0 Å². The molecule has 0 heterocycles. The summed E-state index contributed by atoms with van der Waals surface area (Å²) >= 11 is 0. The Morgan fingerprint density at radius 2 is 0.706 bits per heavy atom. The van der Waals surface area contributed by atoms with Gasteiger partial charge in [-0.25, -0.2) is 0 Å². The average Bonchev–Trinajstić information content (AvgIpc) is 2.31. The molecule has 0 bridgehead atoms. The minimum atomic E-state index is 0. The number of aliphatic hydroxyl groups is 2. The Hall–Kier alpha value is 0.240. The first-order valence-electron chi connectivity index (χ1n) is 5.44. The SMILES string of the molecule is Br.OCCOCCOCCOCCOCCO. The summed E-state index contributed by atoms with van der Waals surface area (Å²) in [5, 5.41) is 16.8. The third kappa shape index (κ3) is 18.8. The lowest BCUT2D eigenvalue weighted by Gasteiger charge is -2.06. The van der Waals surface area contributed by atoms with E-state index in [0.29, 0.717) is 52.9 Å². The topological polar surface area (TPSA) is 77.4 Å². The van der Waals surface area contributed by atoms with E-state index in [0.717, 1.165) is 0 Å². The minimum Gasteiger partial charge on any atom is -0.394 e. The summed E-state index contributed by atoms with van der Waals surface area (Å²) in [6.07, 6.45) is 0. The molecule has 0 saturated heterocycles. The fourth-order valence-electron chi connectivity index (χ4n) is 0.891. The largest absolute Gasteiger partial charge is 0.394 e. The van der Waals surface area contributed by atoms with E-state index in [1.165, 1.54) is 0 Å². The second kappa shape index (κ2) is 18.6. The van der Waals surface area contributed by atoms with Gasteiger partial charge in [-0.15, -0.1) is 17.0 Å². The zero-order valence-corrected chi connectivity index (χ0v) is 11.7. The molecule has 0 aromatic heterocycles. The van der Waals surface area contributed by atoms with Gasteiger partial charge in [-0.1, -0.05) is 0 Å². The molecule has 0 rings (SSSR count). The third-order valence-corrected chi connectivity index (χ3v) is 1.59. The van der Waals surface area contributed by atoms with Crippen molar-refractivity contribution in [2.75, 3.05) is 66.1 Å². The lowest BCUT2D eigenvalue weighted by Crippen LogP contribution is -2.13. The van der Waals surface area contributed by atoms with E-state index in [-0.39, 0.29) is 30.2 Å². The van der Waals surface area contributed by atoms with Crippen molar-refractivity contribution in [1.29, 1.82) is 0 Å². The van der Waals surface area contributed by atoms with Crippen LogP contribution < -0.4 is 0 Å². The standard InChI is InChI=1S/C10H22O6.BrH/c11-1-3-13-5-7-15-9-10-16-8-6-14-4-2-12;/h11-12H,1-10H2;1H. The van der Waals surface area contributed by atoms with Gasteiger partial charge in [-0.3, -0.25) is 0 Å². The molecule has 106 valence electrons. The highest BCUT2D eigenvalue weighted by atomic mass is 79.9. The first-order chi connectivity index (χ1) is 7.91. The van der Waals surface area contributed by atoms with Crippen LogP contribution in [0.4, 0.5) is 0 Å². The van der Waals surface area contributed by atoms with E-state index in [1.807, 2.05) is 0 Å². The molecular formula is C10H23BrO6. The number of ether oxygens (including phenoxy) is 4. The summed E-state index contributed by atoms with van der Waals surface area (Å²) in [5.41, 5.74) is 0. The van der Waals surface area contributed by atoms with Crippen LogP contribution in [0.1, 0.15) is 0 Å². The predicted octanol–water partition coefficient (Wildman–Crippen LogP) is -0.385. The molecular weight excluding hydrogens is 296 g/mol. The van der Waals surface area contributed by atoms with E-state index >= 15 is 0 Å². The summed E-state index contributed by atoms with van der Waals surface area (Å²) in [6.45, 7) is 3.79. The molecule has 0 spiro atoms. The molecule has 0 radical (unpaired) electrons. The molecule has 0 aromatic rings. The third-order valence-electron chi connectivity index (χ3n) is 1.59. The Bertz CT molecular complexity index is 113. The van der Waals surface area contributed by atoms with Gasteiger partial charge in [0.2, 0.25) is 0 Å². The number of aliphatic hydroxyl groups excluding tert-OH is 2. The van der Waals surface area contributed by atoms with Crippen molar-refractivity contribution in [2.24, 2.45) is 0 Å². The smallest absolute Gasteiger partial charge is 0.0701 e. The molecule has 0 fully saturated rings. The molecule has 7 heteroatoms. The molecule has 0 unspecified atom stereocenters. The van der Waals surface area contributed by atoms with Gasteiger partial charge in [-0.2, -0.15) is 0 Å². The van der Waals surface area contributed by atoms with Crippen LogP contribution in [0.3, 0.4) is 0 Å². The van der Waals surface area contributed by atoms with E-state index < -0.39 is 0 Å². The predicted molar refractivity (Wildman–Crippen MR) is 67.8 cm³/mol. The minimum absolute atomic E-state index is 0. The quantitative estimate of drug-likeness (QED) is 0.451. The fourth-order valence-corrected chi connectivity index (χ4v) is 0.891. The number of hydrogen-bond donors (Lipinski definition) is 2. The van der Waals surface area contributed by atoms with Gasteiger partial charge >= 0.3 is 0 Å². The van der Waals surface area contributed by atoms with Crippen molar-refractivity contribution in [3.8, 4) is 0 Å². The fraction of sp³-hybridized carbons (Fsp3) is 1.00. The summed E-state index contributed by atoms with van der Waals surface area (Å²) in [5.74, 6) is 0. The molecule has 0 saturated carbocycles. The van der Waals surface area contributed by atoms with E-state index in [4.69, 9.17) is 29.2 Å². The van der Waals surface area contributed by atoms with Crippen molar-refractivity contribution in [3.05, 3.63) is 0 Å². The number of halogens is 1. The molecule has 0 aliphatic carbocycles. The van der Waals surface area contributed by atoms with Gasteiger partial charge in [0.15, 0.2) is 0 Å². The average molecular weight is 319 g/mol. The molecule has 0 amide bonds. The number of hydrogen-bond acceptors (Lipinski definition) is 6. The van der Waals surface area contributed by atoms with Crippen molar-refractivity contribution in [2.45, 2.75) is 0 Å². The Labute approximate surface area is 113 Å². The maximum absolute atomic E-state index is 8.41. The van der Waals surface area contributed by atoms with Gasteiger partial charge in [0.05, 0.1) is 66.1 Å². The Morgan fingerprint density at radius 3 is 0.941 bits per heavy atom. The van der Waals surface area contributed by atoms with Gasteiger partial charge < -0.3 is 29.2 Å². The summed E-state index contributed by atoms with van der Waals surface area (Å²) in [4.78, 5) is 0. The second-order valence-corrected chi connectivity index (χ2v) is 2.90. The van der Waals surface area contributed by atoms with E-state index in [1.54, 1.807) is 0 Å². The highest BCUT2D eigenvalue weighted by Gasteiger charge is 1.91. The van der Waals surface area contributed by atoms with Crippen LogP contribution in [0, 0.1) is 0 Å². The van der Waals surface area contributed by atoms with E-state index in [9.17, 15) is 0 Å². The second-order valence-electron chi connectivity index (χ2n) is 2.90. The summed E-state index contributed by atoms with van der Waals surface area (Å²) in [7, 11) is 0. The van der Waals surface area contributed by atoms with Gasteiger partial charge in [0, 0.05) is 0 Å². The van der Waals surface area contributed by atoms with E-state index in [2.05, 4.69) is 0 Å². The van der Waals surface area contributed by atoms with Crippen LogP contribution in [0.5, 0.6) is 0 Å². The lowest BCUT2D eigenvalue weighted by molar-refractivity contribution is -0.00856. The molecule has 0 aromatic carbocycles. The normalized spacial score (nSPS) is 10.2. The lowest BCUT2D eigenvalue weighted by atomic mass is 10.7. The molecule has 0 aliphatic heterocycles. The van der Waals surface area contributed by atoms with Crippen molar-refractivity contribution in [1.82, 2.24) is 0 Å². The van der Waals surface area contributed by atoms with Crippen LogP contribution >= 0.6 is 17.0 Å². The summed E-state index contributed by atoms with van der Waals surface area (Å²) < 4.78 is 20.4. The zero-order valence-electron chi connectivity index (χ0n) is 10.0. The number of rotatable bonds is 13. The first kappa shape index (κ1) is 19.6. The monoisotopic (exact) mass is 318 g/mol. The van der Waals surface area contributed by atoms with Crippen LogP contribution in [0.2, 0.25) is 0 Å². The van der Waals surface area contributed by atoms with Gasteiger partial charge in [0.25, 0.3) is 0 Å². The first-order valence-corrected chi connectivity index (χ1v) is 5.44. The molecule has 6 nitrogen and oxygen atoms in total. The van der Waals surface area contributed by atoms with Crippen molar-refractivity contribution < 1.29 is 29.2 Å². The van der Waals surface area contributed by atoms with Crippen LogP contribution in [0.25, 0.3) is 0 Å². The van der Waals surface area contributed by atoms with Gasteiger partial charge in [-0.05, 0) is 0 Å². The maximum Gasteiger partial charge on any atom is 0.0701 e. The van der Waals surface area contributed by atoms with Crippen molar-refractivity contribution in [3.63, 3.8) is 0 Å². The van der Waals surface area contributed by atoms with Crippen LogP contribution in [-0.4, -0.2) is 76.3 Å². The molecule has 0 atom stereocenters. The molecule has 2 N–H and O–H groups in total. The van der Waals surface area contributed by atoms with Crippen LogP contribution in [0.15, 0.2) is 0 Å². The molecule has 0 aliphatic rings. The zero-order chi connectivity index (χ0) is 11.9.